The van der Waals surface area contributed by atoms with Gasteiger partial charge in [-0.15, -0.1) is 0 Å². The predicted octanol–water partition coefficient (Wildman–Crippen LogP) is 3.82. The molecular formula is C9H6Cl2N2OS. The highest BCUT2D eigenvalue weighted by Crippen LogP contribution is 2.36. The summed E-state index contributed by atoms with van der Waals surface area (Å²) in [4.78, 5) is 3.95. The van der Waals surface area contributed by atoms with Crippen molar-refractivity contribution in [2.24, 2.45) is 0 Å². The van der Waals surface area contributed by atoms with Crippen LogP contribution < -0.4 is 10.5 Å². The van der Waals surface area contributed by atoms with Crippen molar-refractivity contribution in [2.45, 2.75) is 0 Å². The molecule has 0 amide bonds. The molecule has 2 aromatic rings. The zero-order valence-electron chi connectivity index (χ0n) is 7.41. The Bertz CT molecular complexity index is 487. The Hall–Kier alpha value is -0.970. The summed E-state index contributed by atoms with van der Waals surface area (Å²) in [5, 5.41) is 1.84. The molecule has 0 spiro atoms. The Labute approximate surface area is 100 Å². The van der Waals surface area contributed by atoms with Crippen molar-refractivity contribution >= 4 is 39.5 Å². The quantitative estimate of drug-likeness (QED) is 0.893. The molecule has 0 fully saturated rings. The lowest BCUT2D eigenvalue weighted by molar-refractivity contribution is 0.479. The zero-order valence-corrected chi connectivity index (χ0v) is 9.73. The van der Waals surface area contributed by atoms with Gasteiger partial charge in [0.1, 0.15) is 15.8 Å². The number of nitrogens with two attached hydrogens (primary N) is 1. The summed E-state index contributed by atoms with van der Waals surface area (Å²) in [5.74, 6) is 0.471. The lowest BCUT2D eigenvalue weighted by Crippen LogP contribution is -1.84. The van der Waals surface area contributed by atoms with E-state index in [0.717, 1.165) is 0 Å². The summed E-state index contributed by atoms with van der Waals surface area (Å²) in [6.07, 6.45) is 1.53. The second kappa shape index (κ2) is 4.26. The smallest absolute Gasteiger partial charge is 0.280 e. The number of nitrogen functional groups attached to an aromatic ring is 1. The summed E-state index contributed by atoms with van der Waals surface area (Å²) in [7, 11) is 0. The van der Waals surface area contributed by atoms with Crippen LogP contribution in [-0.4, -0.2) is 4.98 Å². The lowest BCUT2D eigenvalue weighted by Gasteiger charge is -2.04. The van der Waals surface area contributed by atoms with E-state index in [9.17, 15) is 0 Å². The first-order valence-corrected chi connectivity index (χ1v) is 5.57. The molecule has 1 aromatic carbocycles. The minimum absolute atomic E-state index is 0.368. The van der Waals surface area contributed by atoms with E-state index in [1.807, 2.05) is 0 Å². The standard InChI is InChI=1S/C9H6Cl2N2OS/c10-5-2-1-3-6(8(5)11)14-9-13-4-7(12)15-9/h1-4H,12H2. The number of hydrogen-bond donors (Lipinski definition) is 1. The van der Waals surface area contributed by atoms with Gasteiger partial charge in [-0.1, -0.05) is 40.6 Å². The van der Waals surface area contributed by atoms with Crippen molar-refractivity contribution in [2.75, 3.05) is 5.73 Å². The maximum atomic E-state index is 5.94. The number of anilines is 1. The van der Waals surface area contributed by atoms with Gasteiger partial charge in [0.2, 0.25) is 0 Å². The van der Waals surface area contributed by atoms with Crippen LogP contribution in [-0.2, 0) is 0 Å². The predicted molar refractivity (Wildman–Crippen MR) is 63.1 cm³/mol. The van der Waals surface area contributed by atoms with Crippen LogP contribution >= 0.6 is 34.5 Å². The number of halogens is 2. The molecule has 3 nitrogen and oxygen atoms in total. The van der Waals surface area contributed by atoms with Crippen molar-refractivity contribution < 1.29 is 4.74 Å². The van der Waals surface area contributed by atoms with Gasteiger partial charge in [0, 0.05) is 0 Å². The maximum Gasteiger partial charge on any atom is 0.280 e. The van der Waals surface area contributed by atoms with Crippen LogP contribution in [0.4, 0.5) is 5.00 Å². The van der Waals surface area contributed by atoms with Gasteiger partial charge in [0.25, 0.3) is 5.19 Å². The second-order valence-corrected chi connectivity index (χ2v) is 4.49. The number of hydrogen-bond acceptors (Lipinski definition) is 4. The molecule has 0 saturated carbocycles. The van der Waals surface area contributed by atoms with E-state index in [1.54, 1.807) is 18.2 Å². The van der Waals surface area contributed by atoms with Gasteiger partial charge in [-0.2, -0.15) is 0 Å². The van der Waals surface area contributed by atoms with Crippen molar-refractivity contribution in [1.29, 1.82) is 0 Å². The van der Waals surface area contributed by atoms with Gasteiger partial charge in [0.05, 0.1) is 11.2 Å². The Morgan fingerprint density at radius 3 is 2.80 bits per heavy atom. The average molecular weight is 261 g/mol. The van der Waals surface area contributed by atoms with E-state index in [2.05, 4.69) is 4.98 Å². The monoisotopic (exact) mass is 260 g/mol. The molecule has 1 aromatic heterocycles. The summed E-state index contributed by atoms with van der Waals surface area (Å²) < 4.78 is 5.42. The zero-order chi connectivity index (χ0) is 10.8. The van der Waals surface area contributed by atoms with Crippen molar-refractivity contribution in [3.05, 3.63) is 34.4 Å². The van der Waals surface area contributed by atoms with E-state index in [-0.39, 0.29) is 0 Å². The molecule has 0 unspecified atom stereocenters. The number of ether oxygens (including phenoxy) is 1. The SMILES string of the molecule is Nc1cnc(Oc2cccc(Cl)c2Cl)s1. The van der Waals surface area contributed by atoms with E-state index < -0.39 is 0 Å². The van der Waals surface area contributed by atoms with Crippen LogP contribution in [0.15, 0.2) is 24.4 Å². The fourth-order valence-corrected chi connectivity index (χ4v) is 1.85. The largest absolute Gasteiger partial charge is 0.429 e. The number of thiazole rings is 1. The molecule has 0 aliphatic heterocycles. The topological polar surface area (TPSA) is 48.1 Å². The van der Waals surface area contributed by atoms with E-state index >= 15 is 0 Å². The first-order chi connectivity index (χ1) is 7.16. The molecule has 0 aliphatic rings. The Morgan fingerprint density at radius 1 is 1.33 bits per heavy atom. The molecule has 0 radical (unpaired) electrons. The van der Waals surface area contributed by atoms with E-state index in [0.29, 0.717) is 26.0 Å². The minimum Gasteiger partial charge on any atom is -0.429 e. The molecule has 0 bridgehead atoms. The van der Waals surface area contributed by atoms with E-state index in [1.165, 1.54) is 17.5 Å². The summed E-state index contributed by atoms with van der Waals surface area (Å²) in [6, 6.07) is 5.15. The third kappa shape index (κ3) is 2.34. The second-order valence-electron chi connectivity index (χ2n) is 2.68. The first-order valence-electron chi connectivity index (χ1n) is 4.00. The average Bonchev–Trinajstić information content (AvgIpc) is 2.59. The molecule has 6 heteroatoms. The van der Waals surface area contributed by atoms with Gasteiger partial charge in [-0.05, 0) is 12.1 Å². The van der Waals surface area contributed by atoms with Crippen LogP contribution in [0, 0.1) is 0 Å². The molecule has 2 N–H and O–H groups in total. The van der Waals surface area contributed by atoms with Crippen LogP contribution in [0.3, 0.4) is 0 Å². The summed E-state index contributed by atoms with van der Waals surface area (Å²) in [6.45, 7) is 0. The Morgan fingerprint density at radius 2 is 2.13 bits per heavy atom. The number of rotatable bonds is 2. The third-order valence-corrected chi connectivity index (χ3v) is 3.12. The molecule has 78 valence electrons. The first kappa shape index (κ1) is 10.5. The fourth-order valence-electron chi connectivity index (χ4n) is 0.974. The van der Waals surface area contributed by atoms with Crippen molar-refractivity contribution in [3.63, 3.8) is 0 Å². The lowest BCUT2D eigenvalue weighted by atomic mass is 10.3. The van der Waals surface area contributed by atoms with Crippen LogP contribution in [0.5, 0.6) is 10.9 Å². The molecule has 0 aliphatic carbocycles. The van der Waals surface area contributed by atoms with Gasteiger partial charge in [-0.3, -0.25) is 0 Å². The minimum atomic E-state index is 0.368. The van der Waals surface area contributed by atoms with Gasteiger partial charge < -0.3 is 10.5 Å². The number of aromatic nitrogens is 1. The van der Waals surface area contributed by atoms with Crippen molar-refractivity contribution in [1.82, 2.24) is 4.98 Å². The molecular weight excluding hydrogens is 255 g/mol. The maximum absolute atomic E-state index is 5.94. The molecule has 0 atom stereocenters. The van der Waals surface area contributed by atoms with Crippen LogP contribution in [0.25, 0.3) is 0 Å². The van der Waals surface area contributed by atoms with E-state index in [4.69, 9.17) is 33.7 Å². The molecule has 15 heavy (non-hydrogen) atoms. The highest BCUT2D eigenvalue weighted by atomic mass is 35.5. The normalized spacial score (nSPS) is 10.3. The van der Waals surface area contributed by atoms with Gasteiger partial charge >= 0.3 is 0 Å². The number of nitrogens with zero attached hydrogens (tertiary/aromatic N) is 1. The summed E-state index contributed by atoms with van der Waals surface area (Å²) >= 11 is 13.0. The fraction of sp³-hybridized carbons (Fsp3) is 0. The highest BCUT2D eigenvalue weighted by molar-refractivity contribution is 7.17. The Balaban J connectivity index is 2.28. The van der Waals surface area contributed by atoms with Crippen LogP contribution in [0.1, 0.15) is 0 Å². The number of benzene rings is 1. The molecule has 0 saturated heterocycles. The van der Waals surface area contributed by atoms with Gasteiger partial charge in [-0.25, -0.2) is 4.98 Å². The van der Waals surface area contributed by atoms with Crippen molar-refractivity contribution in [3.8, 4) is 10.9 Å². The molecule has 2 rings (SSSR count). The highest BCUT2D eigenvalue weighted by Gasteiger charge is 2.08. The Kier molecular flexibility index (Phi) is 3.00. The summed E-state index contributed by atoms with van der Waals surface area (Å²) in [5.41, 5.74) is 5.52. The van der Waals surface area contributed by atoms with Crippen LogP contribution in [0.2, 0.25) is 10.0 Å². The van der Waals surface area contributed by atoms with Gasteiger partial charge in [0.15, 0.2) is 0 Å². The third-order valence-electron chi connectivity index (χ3n) is 1.62. The molecule has 1 heterocycles.